The van der Waals surface area contributed by atoms with Crippen LogP contribution in [0.5, 0.6) is 0 Å². The minimum atomic E-state index is 0.470. The molecule has 4 rings (SSSR count). The first-order chi connectivity index (χ1) is 13.1. The molecule has 0 aliphatic carbocycles. The van der Waals surface area contributed by atoms with E-state index in [9.17, 15) is 0 Å². The third-order valence-corrected chi connectivity index (χ3v) is 4.42. The fourth-order valence-electron chi connectivity index (χ4n) is 3.13. The Labute approximate surface area is 157 Å². The van der Waals surface area contributed by atoms with Gasteiger partial charge in [-0.1, -0.05) is 20.8 Å². The van der Waals surface area contributed by atoms with Crippen LogP contribution in [0.2, 0.25) is 0 Å². The summed E-state index contributed by atoms with van der Waals surface area (Å²) in [6, 6.07) is 1.99. The molecule has 4 heterocycles. The fourth-order valence-corrected chi connectivity index (χ4v) is 3.13. The lowest BCUT2D eigenvalue weighted by Gasteiger charge is -2.08. The van der Waals surface area contributed by atoms with Crippen LogP contribution in [0.15, 0.2) is 31.0 Å². The van der Waals surface area contributed by atoms with Gasteiger partial charge in [0.05, 0.1) is 11.8 Å². The molecule has 0 fully saturated rings. The number of H-pyrrole nitrogens is 1. The third-order valence-electron chi connectivity index (χ3n) is 4.42. The molecule has 0 unspecified atom stereocenters. The molecule has 27 heavy (non-hydrogen) atoms. The second kappa shape index (κ2) is 7.30. The van der Waals surface area contributed by atoms with Gasteiger partial charge in [0.25, 0.3) is 0 Å². The van der Waals surface area contributed by atoms with Gasteiger partial charge in [0.15, 0.2) is 17.3 Å². The molecule has 1 N–H and O–H groups in total. The van der Waals surface area contributed by atoms with Gasteiger partial charge in [0, 0.05) is 50.1 Å². The second-order valence-electron chi connectivity index (χ2n) is 7.07. The van der Waals surface area contributed by atoms with Crippen LogP contribution in [-0.2, 0) is 25.9 Å². The minimum absolute atomic E-state index is 0.470. The molecule has 4 aromatic rings. The lowest BCUT2D eigenvalue weighted by Crippen LogP contribution is -2.09. The van der Waals surface area contributed by atoms with Gasteiger partial charge in [0.2, 0.25) is 0 Å². The largest absolute Gasteiger partial charge is 0.340 e. The average molecular weight is 364 g/mol. The Kier molecular flexibility index (Phi) is 4.70. The van der Waals surface area contributed by atoms with Crippen molar-refractivity contribution in [3.05, 3.63) is 42.6 Å². The lowest BCUT2D eigenvalue weighted by molar-refractivity contribution is 0.482. The number of fused-ring (bicyclic) bond motifs is 1. The summed E-state index contributed by atoms with van der Waals surface area (Å²) in [5.41, 5.74) is 2.64. The Morgan fingerprint density at radius 2 is 2.07 bits per heavy atom. The van der Waals surface area contributed by atoms with Gasteiger partial charge in [-0.15, -0.1) is 0 Å². The first-order valence-electron chi connectivity index (χ1n) is 9.37. The average Bonchev–Trinajstić information content (AvgIpc) is 3.38. The Morgan fingerprint density at radius 3 is 2.81 bits per heavy atom. The van der Waals surface area contributed by atoms with Crippen molar-refractivity contribution in [2.24, 2.45) is 5.92 Å². The van der Waals surface area contributed by atoms with Gasteiger partial charge in [-0.2, -0.15) is 5.10 Å². The van der Waals surface area contributed by atoms with Crippen molar-refractivity contribution in [1.29, 1.82) is 0 Å². The maximum Gasteiger partial charge on any atom is 0.178 e. The van der Waals surface area contributed by atoms with Crippen molar-refractivity contribution < 1.29 is 0 Å². The van der Waals surface area contributed by atoms with Crippen LogP contribution in [0.4, 0.5) is 0 Å². The van der Waals surface area contributed by atoms with Gasteiger partial charge >= 0.3 is 0 Å². The Bertz CT molecular complexity index is 1030. The van der Waals surface area contributed by atoms with E-state index in [1.54, 1.807) is 12.4 Å². The first kappa shape index (κ1) is 17.4. The molecule has 0 aliphatic heterocycles. The first-order valence-corrected chi connectivity index (χ1v) is 9.37. The predicted molar refractivity (Wildman–Crippen MR) is 103 cm³/mol. The summed E-state index contributed by atoms with van der Waals surface area (Å²) >= 11 is 0. The molecule has 0 aliphatic rings. The normalized spacial score (nSPS) is 11.7. The standard InChI is InChI=1S/C19H24N8/c1-4-15-22-17-14(5-7-21-18(17)23-15)19-24-16(25-27(19)11-13(2)3)6-9-26-10-8-20-12-26/h5,7-8,10,12-13H,4,6,9,11H2,1-3H3,(H,21,22,23). The highest BCUT2D eigenvalue weighted by Gasteiger charge is 2.17. The summed E-state index contributed by atoms with van der Waals surface area (Å²) in [6.07, 6.45) is 8.94. The lowest BCUT2D eigenvalue weighted by atomic mass is 10.2. The van der Waals surface area contributed by atoms with E-state index >= 15 is 0 Å². The molecule has 0 bridgehead atoms. The predicted octanol–water partition coefficient (Wildman–Crippen LogP) is 2.87. The third kappa shape index (κ3) is 3.60. The quantitative estimate of drug-likeness (QED) is 0.544. The summed E-state index contributed by atoms with van der Waals surface area (Å²) in [4.78, 5) is 21.3. The number of nitrogens with one attached hydrogen (secondary N) is 1. The van der Waals surface area contributed by atoms with Crippen LogP contribution >= 0.6 is 0 Å². The van der Waals surface area contributed by atoms with E-state index in [-0.39, 0.29) is 0 Å². The minimum Gasteiger partial charge on any atom is -0.340 e. The van der Waals surface area contributed by atoms with Gasteiger partial charge in [-0.3, -0.25) is 0 Å². The molecule has 0 saturated carbocycles. The number of nitrogens with zero attached hydrogens (tertiary/aromatic N) is 7. The SMILES string of the molecule is CCc1nc2nccc(-c3nc(CCn4ccnc4)nn3CC(C)C)c2[nH]1. The summed E-state index contributed by atoms with van der Waals surface area (Å²) in [7, 11) is 0. The number of aromatic nitrogens is 8. The molecule has 8 nitrogen and oxygen atoms in total. The molecular formula is C19H24N8. The van der Waals surface area contributed by atoms with Gasteiger partial charge in [-0.05, 0) is 12.0 Å². The molecule has 0 spiro atoms. The summed E-state index contributed by atoms with van der Waals surface area (Å²) in [5.74, 6) is 3.10. The molecule has 8 heteroatoms. The number of hydrogen-bond acceptors (Lipinski definition) is 5. The Balaban J connectivity index is 1.73. The number of imidazole rings is 2. The van der Waals surface area contributed by atoms with Gasteiger partial charge in [0.1, 0.15) is 5.82 Å². The number of hydrogen-bond donors (Lipinski definition) is 1. The van der Waals surface area contributed by atoms with Crippen molar-refractivity contribution in [2.45, 2.75) is 46.7 Å². The summed E-state index contributed by atoms with van der Waals surface area (Å²) < 4.78 is 4.05. The van der Waals surface area contributed by atoms with Crippen molar-refractivity contribution in [2.75, 3.05) is 0 Å². The van der Waals surface area contributed by atoms with E-state index in [2.05, 4.69) is 40.7 Å². The Morgan fingerprint density at radius 1 is 1.19 bits per heavy atom. The highest BCUT2D eigenvalue weighted by Crippen LogP contribution is 2.25. The van der Waals surface area contributed by atoms with Crippen molar-refractivity contribution in [1.82, 2.24) is 39.3 Å². The summed E-state index contributed by atoms with van der Waals surface area (Å²) in [6.45, 7) is 8.06. The number of aryl methyl sites for hydroxylation is 3. The van der Waals surface area contributed by atoms with E-state index in [4.69, 9.17) is 10.1 Å². The molecule has 0 aromatic carbocycles. The van der Waals surface area contributed by atoms with Crippen molar-refractivity contribution in [3.63, 3.8) is 0 Å². The van der Waals surface area contributed by atoms with Crippen LogP contribution in [-0.4, -0.2) is 39.3 Å². The molecule has 0 saturated heterocycles. The number of pyridine rings is 1. The van der Waals surface area contributed by atoms with Gasteiger partial charge in [-0.25, -0.2) is 24.6 Å². The molecule has 0 amide bonds. The Hall–Kier alpha value is -3.03. The van der Waals surface area contributed by atoms with Crippen LogP contribution in [0, 0.1) is 5.92 Å². The van der Waals surface area contributed by atoms with E-state index in [0.717, 1.165) is 60.1 Å². The maximum absolute atomic E-state index is 4.86. The number of aromatic amines is 1. The maximum atomic E-state index is 4.86. The van der Waals surface area contributed by atoms with E-state index in [1.165, 1.54) is 0 Å². The van der Waals surface area contributed by atoms with E-state index in [0.29, 0.717) is 5.92 Å². The molecule has 4 aromatic heterocycles. The smallest absolute Gasteiger partial charge is 0.178 e. The van der Waals surface area contributed by atoms with Crippen LogP contribution < -0.4 is 0 Å². The molecule has 0 radical (unpaired) electrons. The van der Waals surface area contributed by atoms with E-state index in [1.807, 2.05) is 27.8 Å². The highest BCUT2D eigenvalue weighted by molar-refractivity contribution is 5.87. The zero-order valence-electron chi connectivity index (χ0n) is 15.9. The summed E-state index contributed by atoms with van der Waals surface area (Å²) in [5, 5.41) is 4.78. The van der Waals surface area contributed by atoms with Crippen LogP contribution in [0.25, 0.3) is 22.6 Å². The fraction of sp³-hybridized carbons (Fsp3) is 0.421. The molecule has 0 atom stereocenters. The van der Waals surface area contributed by atoms with Crippen LogP contribution in [0.1, 0.15) is 32.4 Å². The van der Waals surface area contributed by atoms with Crippen molar-refractivity contribution >= 4 is 11.2 Å². The van der Waals surface area contributed by atoms with Gasteiger partial charge < -0.3 is 9.55 Å². The van der Waals surface area contributed by atoms with E-state index < -0.39 is 0 Å². The molecule has 140 valence electrons. The zero-order chi connectivity index (χ0) is 18.8. The topological polar surface area (TPSA) is 90.1 Å². The monoisotopic (exact) mass is 364 g/mol. The van der Waals surface area contributed by atoms with Crippen LogP contribution in [0.3, 0.4) is 0 Å². The number of rotatable bonds is 7. The highest BCUT2D eigenvalue weighted by atomic mass is 15.3. The molecular weight excluding hydrogens is 340 g/mol. The second-order valence-corrected chi connectivity index (χ2v) is 7.07. The zero-order valence-corrected chi connectivity index (χ0v) is 15.9. The van der Waals surface area contributed by atoms with Crippen molar-refractivity contribution in [3.8, 4) is 11.4 Å².